The number of pyridine rings is 1. The molecule has 0 aliphatic rings. The highest BCUT2D eigenvalue weighted by molar-refractivity contribution is 7.15. The van der Waals surface area contributed by atoms with Crippen LogP contribution in [-0.2, 0) is 17.6 Å². The first-order chi connectivity index (χ1) is 11.2. The number of hydrogen-bond acceptors (Lipinski definition) is 8. The minimum Gasteiger partial charge on any atom is -0.339 e. The molecule has 3 aromatic heterocycles. The zero-order valence-corrected chi connectivity index (χ0v) is 13.2. The maximum absolute atomic E-state index is 11.9. The van der Waals surface area contributed by atoms with Crippen molar-refractivity contribution < 1.29 is 9.32 Å². The first-order valence-electron chi connectivity index (χ1n) is 7.10. The Morgan fingerprint density at radius 2 is 2.13 bits per heavy atom. The first kappa shape index (κ1) is 15.2. The summed E-state index contributed by atoms with van der Waals surface area (Å²) in [5.41, 5.74) is 0.820. The summed E-state index contributed by atoms with van der Waals surface area (Å²) in [6, 6.07) is 3.59. The predicted octanol–water partition coefficient (Wildman–Crippen LogP) is 2.12. The summed E-state index contributed by atoms with van der Waals surface area (Å²) in [5, 5.41) is 15.9. The Morgan fingerprint density at radius 1 is 1.30 bits per heavy atom. The monoisotopic (exact) mass is 330 g/mol. The third kappa shape index (κ3) is 3.95. The fourth-order valence-electron chi connectivity index (χ4n) is 1.82. The number of nitrogens with zero attached hydrogens (tertiary/aromatic N) is 5. The van der Waals surface area contributed by atoms with Gasteiger partial charge < -0.3 is 9.84 Å². The van der Waals surface area contributed by atoms with Crippen LogP contribution in [0.25, 0.3) is 11.4 Å². The van der Waals surface area contributed by atoms with Crippen molar-refractivity contribution in [1.82, 2.24) is 25.3 Å². The molecule has 3 aromatic rings. The van der Waals surface area contributed by atoms with E-state index in [9.17, 15) is 4.79 Å². The van der Waals surface area contributed by atoms with Gasteiger partial charge in [0.1, 0.15) is 5.01 Å². The lowest BCUT2D eigenvalue weighted by Crippen LogP contribution is -2.12. The average molecular weight is 330 g/mol. The molecule has 0 bridgehead atoms. The maximum atomic E-state index is 11.9. The number of hydrogen-bond donors (Lipinski definition) is 1. The van der Waals surface area contributed by atoms with Crippen molar-refractivity contribution in [2.75, 3.05) is 5.32 Å². The molecule has 0 fully saturated rings. The maximum Gasteiger partial charge on any atom is 0.227 e. The standard InChI is InChI=1S/C14H14N6O2S/c1-2-12-18-19-14(23-12)16-10(21)3-4-11-17-13(20-22-11)9-5-7-15-8-6-9/h5-8H,2-4H2,1H3,(H,16,19,21). The molecule has 118 valence electrons. The number of aromatic nitrogens is 5. The van der Waals surface area contributed by atoms with Gasteiger partial charge in [-0.25, -0.2) is 0 Å². The zero-order valence-electron chi connectivity index (χ0n) is 12.4. The fourth-order valence-corrected chi connectivity index (χ4v) is 2.52. The van der Waals surface area contributed by atoms with E-state index in [0.29, 0.717) is 23.3 Å². The molecule has 0 saturated heterocycles. The minimum absolute atomic E-state index is 0.160. The molecule has 9 heteroatoms. The second kappa shape index (κ2) is 7.05. The molecule has 0 radical (unpaired) electrons. The van der Waals surface area contributed by atoms with Crippen LogP contribution in [0.4, 0.5) is 5.13 Å². The van der Waals surface area contributed by atoms with E-state index in [4.69, 9.17) is 4.52 Å². The molecule has 0 aromatic carbocycles. The highest BCUT2D eigenvalue weighted by atomic mass is 32.1. The number of anilines is 1. The Labute approximate surface area is 136 Å². The van der Waals surface area contributed by atoms with Gasteiger partial charge in [0.15, 0.2) is 0 Å². The molecule has 23 heavy (non-hydrogen) atoms. The molecule has 8 nitrogen and oxygen atoms in total. The van der Waals surface area contributed by atoms with Crippen LogP contribution in [0.5, 0.6) is 0 Å². The fraction of sp³-hybridized carbons (Fsp3) is 0.286. The number of aryl methyl sites for hydroxylation is 2. The van der Waals surface area contributed by atoms with Crippen molar-refractivity contribution in [2.24, 2.45) is 0 Å². The molecule has 3 rings (SSSR count). The third-order valence-corrected chi connectivity index (χ3v) is 3.97. The van der Waals surface area contributed by atoms with Gasteiger partial charge in [-0.15, -0.1) is 10.2 Å². The largest absolute Gasteiger partial charge is 0.339 e. The molecule has 0 atom stereocenters. The lowest BCUT2D eigenvalue weighted by Gasteiger charge is -1.98. The lowest BCUT2D eigenvalue weighted by atomic mass is 10.2. The Hall–Kier alpha value is -2.68. The number of carbonyl (C=O) groups excluding carboxylic acids is 1. The lowest BCUT2D eigenvalue weighted by molar-refractivity contribution is -0.116. The second-order valence-corrected chi connectivity index (χ2v) is 5.71. The Morgan fingerprint density at radius 3 is 2.87 bits per heavy atom. The van der Waals surface area contributed by atoms with Gasteiger partial charge >= 0.3 is 0 Å². The SMILES string of the molecule is CCc1nnc(NC(=O)CCc2nc(-c3ccncc3)no2)s1. The molecular formula is C14H14N6O2S. The van der Waals surface area contributed by atoms with Gasteiger partial charge in [0, 0.05) is 30.8 Å². The highest BCUT2D eigenvalue weighted by Gasteiger charge is 2.12. The van der Waals surface area contributed by atoms with Gasteiger partial charge in [-0.2, -0.15) is 4.98 Å². The third-order valence-electron chi connectivity index (χ3n) is 2.99. The van der Waals surface area contributed by atoms with E-state index >= 15 is 0 Å². The number of rotatable bonds is 6. The van der Waals surface area contributed by atoms with Crippen molar-refractivity contribution in [1.29, 1.82) is 0 Å². The average Bonchev–Trinajstić information content (AvgIpc) is 3.23. The van der Waals surface area contributed by atoms with E-state index in [1.807, 2.05) is 6.92 Å². The number of nitrogens with one attached hydrogen (secondary N) is 1. The van der Waals surface area contributed by atoms with E-state index in [-0.39, 0.29) is 12.3 Å². The van der Waals surface area contributed by atoms with E-state index in [0.717, 1.165) is 17.0 Å². The van der Waals surface area contributed by atoms with Crippen molar-refractivity contribution >= 4 is 22.4 Å². The number of carbonyl (C=O) groups is 1. The van der Waals surface area contributed by atoms with Gasteiger partial charge in [0.05, 0.1) is 0 Å². The topological polar surface area (TPSA) is 107 Å². The smallest absolute Gasteiger partial charge is 0.227 e. The van der Waals surface area contributed by atoms with E-state index in [2.05, 4.69) is 30.6 Å². The van der Waals surface area contributed by atoms with Gasteiger partial charge in [-0.05, 0) is 18.6 Å². The van der Waals surface area contributed by atoms with Crippen LogP contribution in [0.3, 0.4) is 0 Å². The molecular weight excluding hydrogens is 316 g/mol. The highest BCUT2D eigenvalue weighted by Crippen LogP contribution is 2.17. The molecule has 0 saturated carbocycles. The van der Waals surface area contributed by atoms with Crippen LogP contribution in [0.2, 0.25) is 0 Å². The van der Waals surface area contributed by atoms with Crippen LogP contribution < -0.4 is 5.32 Å². The van der Waals surface area contributed by atoms with Gasteiger partial charge in [-0.3, -0.25) is 9.78 Å². The Balaban J connectivity index is 1.54. The summed E-state index contributed by atoms with van der Waals surface area (Å²) < 4.78 is 5.15. The van der Waals surface area contributed by atoms with E-state index in [1.54, 1.807) is 24.5 Å². The summed E-state index contributed by atoms with van der Waals surface area (Å²) in [7, 11) is 0. The van der Waals surface area contributed by atoms with E-state index < -0.39 is 0 Å². The molecule has 1 amide bonds. The summed E-state index contributed by atoms with van der Waals surface area (Å²) in [6.45, 7) is 1.99. The molecule has 0 aliphatic heterocycles. The summed E-state index contributed by atoms with van der Waals surface area (Å²) in [6.07, 6.45) is 4.71. The summed E-state index contributed by atoms with van der Waals surface area (Å²) >= 11 is 1.37. The van der Waals surface area contributed by atoms with E-state index in [1.165, 1.54) is 11.3 Å². The Bertz CT molecular complexity index is 785. The molecule has 0 aliphatic carbocycles. The van der Waals surface area contributed by atoms with Gasteiger partial charge in [-0.1, -0.05) is 23.4 Å². The van der Waals surface area contributed by atoms with Crippen LogP contribution in [-0.4, -0.2) is 31.2 Å². The van der Waals surface area contributed by atoms with Crippen molar-refractivity contribution in [3.05, 3.63) is 35.4 Å². The van der Waals surface area contributed by atoms with Crippen LogP contribution >= 0.6 is 11.3 Å². The summed E-state index contributed by atoms with van der Waals surface area (Å²) in [5.74, 6) is 0.741. The van der Waals surface area contributed by atoms with Crippen molar-refractivity contribution in [3.8, 4) is 11.4 Å². The van der Waals surface area contributed by atoms with Crippen molar-refractivity contribution in [2.45, 2.75) is 26.2 Å². The van der Waals surface area contributed by atoms with Crippen LogP contribution in [0.1, 0.15) is 24.2 Å². The molecule has 3 heterocycles. The van der Waals surface area contributed by atoms with Crippen LogP contribution in [0, 0.1) is 0 Å². The summed E-state index contributed by atoms with van der Waals surface area (Å²) in [4.78, 5) is 20.1. The first-order valence-corrected chi connectivity index (χ1v) is 7.91. The van der Waals surface area contributed by atoms with Crippen molar-refractivity contribution in [3.63, 3.8) is 0 Å². The number of amides is 1. The molecule has 1 N–H and O–H groups in total. The predicted molar refractivity (Wildman–Crippen MR) is 83.8 cm³/mol. The van der Waals surface area contributed by atoms with Gasteiger partial charge in [0.2, 0.25) is 22.8 Å². The molecule has 0 spiro atoms. The minimum atomic E-state index is -0.160. The molecule has 0 unspecified atom stereocenters. The Kier molecular flexibility index (Phi) is 4.67. The second-order valence-electron chi connectivity index (χ2n) is 4.65. The van der Waals surface area contributed by atoms with Gasteiger partial charge in [0.25, 0.3) is 0 Å². The quantitative estimate of drug-likeness (QED) is 0.737. The normalized spacial score (nSPS) is 10.7. The zero-order chi connectivity index (χ0) is 16.1. The van der Waals surface area contributed by atoms with Crippen LogP contribution in [0.15, 0.2) is 29.0 Å².